The van der Waals surface area contributed by atoms with Gasteiger partial charge in [0.2, 0.25) is 0 Å². The summed E-state index contributed by atoms with van der Waals surface area (Å²) >= 11 is 0. The molecule has 7 heteroatoms. The third-order valence-corrected chi connectivity index (χ3v) is 29.8. The molecule has 0 heterocycles. The highest BCUT2D eigenvalue weighted by Gasteiger charge is 2.39. The minimum Gasteiger partial charge on any atom is -0.364 e. The van der Waals surface area contributed by atoms with Crippen molar-refractivity contribution < 1.29 is 13.3 Å². The van der Waals surface area contributed by atoms with Gasteiger partial charge in [0, 0.05) is 63.1 Å². The molecule has 0 aromatic heterocycles. The van der Waals surface area contributed by atoms with Crippen LogP contribution in [0.25, 0.3) is 0 Å². The monoisotopic (exact) mass is 997 g/mol. The van der Waals surface area contributed by atoms with Crippen molar-refractivity contribution in [2.45, 2.75) is 292 Å². The molecule has 0 amide bonds. The first kappa shape index (κ1) is 68.1. The van der Waals surface area contributed by atoms with Crippen LogP contribution in [0.3, 0.4) is 0 Å². The summed E-state index contributed by atoms with van der Waals surface area (Å²) in [5, 5.41) is 0. The normalized spacial score (nSPS) is 17.0. The molecule has 0 unspecified atom stereocenters. The van der Waals surface area contributed by atoms with Gasteiger partial charge >= 0.3 is 8.80 Å². The third kappa shape index (κ3) is 36.6. The van der Waals surface area contributed by atoms with Gasteiger partial charge in [-0.1, -0.05) is 176 Å². The summed E-state index contributed by atoms with van der Waals surface area (Å²) in [6.07, 6.45) is 42.6. The van der Waals surface area contributed by atoms with E-state index in [1.165, 1.54) is 189 Å². The van der Waals surface area contributed by atoms with E-state index in [0.29, 0.717) is 19.8 Å². The quantitative estimate of drug-likeness (QED) is 0.0953. The minimum absolute atomic E-state index is 0.171. The molecule has 390 valence electrons. The minimum atomic E-state index is -2.74. The molecule has 0 aromatic carbocycles. The highest BCUT2D eigenvalue weighted by atomic mass is 28.4. The van der Waals surface area contributed by atoms with Gasteiger partial charge in [0.25, 0.3) is 0 Å². The van der Waals surface area contributed by atoms with Crippen molar-refractivity contribution in [3.05, 3.63) is 0 Å². The van der Waals surface area contributed by atoms with Crippen LogP contribution in [0.1, 0.15) is 237 Å². The SMILES string of the molecule is C#CCC1CCCCC1.C#CCC1CCCCC1.CCO[Si](C#CCC1CCCCC1)(OCC)OCC.CC[SiH](CC)CC.CC[SiH](CC)CC.CC[Si](C#CCC1CCCCC1)(CC)CC. The van der Waals surface area contributed by atoms with Gasteiger partial charge in [-0.3, -0.25) is 0 Å². The van der Waals surface area contributed by atoms with Crippen LogP contribution in [0, 0.1) is 71.3 Å². The number of rotatable bonds is 19. The standard InChI is InChI=1S/C15H28O3Si.C15H28Si.2C9H14.2C6H16Si/c1-4-16-19(17-5-2,18-6-3)14-10-13-15-11-8-7-9-12-15;1-4-16(5-2,6-3)14-10-13-15-11-8-7-9-12-15;2*1-2-6-9-7-4-3-5-8-9;2*1-4-7(5-2)6-3/h15H,4-9,11-13H2,1-3H3;15H,4-9,11-13H2,1-3H3;2*1,9H,3-8H2;2*7H,4-6H2,1-3H3. The molecule has 67 heavy (non-hydrogen) atoms. The fourth-order valence-electron chi connectivity index (χ4n) is 10.1. The molecule has 4 fully saturated rings. The van der Waals surface area contributed by atoms with Crippen molar-refractivity contribution in [3.8, 4) is 47.6 Å². The van der Waals surface area contributed by atoms with Crippen LogP contribution in [0.5, 0.6) is 0 Å². The molecule has 0 spiro atoms. The second-order valence-corrected chi connectivity index (χ2v) is 35.7. The molecule has 0 aliphatic heterocycles. The topological polar surface area (TPSA) is 27.7 Å². The lowest BCUT2D eigenvalue weighted by atomic mass is 9.87. The Balaban J connectivity index is 0. The van der Waals surface area contributed by atoms with Gasteiger partial charge in [-0.2, -0.15) is 0 Å². The molecular formula is C60H116O3Si4. The van der Waals surface area contributed by atoms with E-state index >= 15 is 0 Å². The molecule has 4 saturated carbocycles. The van der Waals surface area contributed by atoms with Gasteiger partial charge in [-0.05, 0) is 119 Å². The summed E-state index contributed by atoms with van der Waals surface area (Å²) in [6.45, 7) is 28.6. The second kappa shape index (κ2) is 48.6. The zero-order valence-corrected chi connectivity index (χ0v) is 51.6. The highest BCUT2D eigenvalue weighted by molar-refractivity contribution is 6.87. The predicted octanol–water partition coefficient (Wildman–Crippen LogP) is 18.3. The van der Waals surface area contributed by atoms with Crippen molar-refractivity contribution in [1.29, 1.82) is 0 Å². The van der Waals surface area contributed by atoms with E-state index < -0.39 is 16.9 Å². The van der Waals surface area contributed by atoms with Crippen molar-refractivity contribution in [1.82, 2.24) is 0 Å². The van der Waals surface area contributed by atoms with E-state index in [0.717, 1.165) is 42.9 Å². The Kier molecular flexibility index (Phi) is 49.4. The summed E-state index contributed by atoms with van der Waals surface area (Å²) < 4.78 is 17.2. The number of hydrogen-bond donors (Lipinski definition) is 0. The smallest absolute Gasteiger partial charge is 0.364 e. The first-order valence-electron chi connectivity index (χ1n) is 29.4. The Morgan fingerprint density at radius 1 is 0.373 bits per heavy atom. The lowest BCUT2D eigenvalue weighted by molar-refractivity contribution is 0.0870. The van der Waals surface area contributed by atoms with Gasteiger partial charge in [-0.25, -0.2) is 0 Å². The summed E-state index contributed by atoms with van der Waals surface area (Å²) in [5.74, 6) is 15.7. The van der Waals surface area contributed by atoms with Crippen molar-refractivity contribution in [3.63, 3.8) is 0 Å². The summed E-state index contributed by atoms with van der Waals surface area (Å²) in [5.41, 5.74) is 6.92. The second-order valence-electron chi connectivity index (χ2n) is 20.2. The molecule has 0 radical (unpaired) electrons. The highest BCUT2D eigenvalue weighted by Crippen LogP contribution is 2.28. The predicted molar refractivity (Wildman–Crippen MR) is 313 cm³/mol. The zero-order valence-electron chi connectivity index (χ0n) is 47.3. The van der Waals surface area contributed by atoms with E-state index in [1.807, 2.05) is 20.8 Å². The van der Waals surface area contributed by atoms with Gasteiger partial charge in [0.05, 0.1) is 0 Å². The zero-order chi connectivity index (χ0) is 50.3. The fourth-order valence-corrected chi connectivity index (χ4v) is 18.0. The molecule has 3 nitrogen and oxygen atoms in total. The van der Waals surface area contributed by atoms with E-state index in [-0.39, 0.29) is 17.6 Å². The van der Waals surface area contributed by atoms with Crippen LogP contribution in [0.15, 0.2) is 0 Å². The Bertz CT molecular complexity index is 1190. The number of terminal acetylenes is 2. The van der Waals surface area contributed by atoms with E-state index in [9.17, 15) is 0 Å². The lowest BCUT2D eigenvalue weighted by Crippen LogP contribution is -2.45. The number of hydrogen-bond acceptors (Lipinski definition) is 3. The van der Waals surface area contributed by atoms with Crippen molar-refractivity contribution in [2.24, 2.45) is 23.7 Å². The van der Waals surface area contributed by atoms with Crippen LogP contribution >= 0.6 is 0 Å². The van der Waals surface area contributed by atoms with Gasteiger partial charge < -0.3 is 13.3 Å². The largest absolute Gasteiger partial charge is 0.591 e. The Hall–Kier alpha value is -1.01. The fraction of sp³-hybridized carbons (Fsp3) is 0.867. The molecule has 4 rings (SSSR count). The molecular weight excluding hydrogens is 881 g/mol. The van der Waals surface area contributed by atoms with Crippen LogP contribution in [0.2, 0.25) is 54.4 Å². The van der Waals surface area contributed by atoms with Gasteiger partial charge in [-0.15, -0.1) is 42.1 Å². The molecule has 0 atom stereocenters. The Labute approximate surface area is 428 Å². The molecule has 0 N–H and O–H groups in total. The maximum Gasteiger partial charge on any atom is 0.591 e. The molecule has 4 aliphatic rings. The van der Waals surface area contributed by atoms with Crippen LogP contribution in [0.4, 0.5) is 0 Å². The maximum atomic E-state index is 5.72. The summed E-state index contributed by atoms with van der Waals surface area (Å²) in [6, 6.07) is 13.0. The van der Waals surface area contributed by atoms with Crippen LogP contribution in [-0.2, 0) is 13.3 Å². The van der Waals surface area contributed by atoms with Crippen LogP contribution in [-0.4, -0.2) is 54.3 Å². The van der Waals surface area contributed by atoms with Gasteiger partial charge in [0.1, 0.15) is 8.07 Å². The third-order valence-electron chi connectivity index (χ3n) is 15.6. The summed E-state index contributed by atoms with van der Waals surface area (Å²) in [7, 11) is -4.25. The Morgan fingerprint density at radius 3 is 0.836 bits per heavy atom. The average molecular weight is 998 g/mol. The first-order valence-corrected chi connectivity index (χ1v) is 38.6. The average Bonchev–Trinajstić information content (AvgIpc) is 3.37. The van der Waals surface area contributed by atoms with Gasteiger partial charge in [0.15, 0.2) is 0 Å². The van der Waals surface area contributed by atoms with Crippen molar-refractivity contribution >= 4 is 34.5 Å². The maximum absolute atomic E-state index is 5.72. The molecule has 0 saturated heterocycles. The van der Waals surface area contributed by atoms with E-state index in [4.69, 9.17) is 26.1 Å². The van der Waals surface area contributed by atoms with E-state index in [2.05, 4.69) is 97.1 Å². The van der Waals surface area contributed by atoms with Crippen molar-refractivity contribution in [2.75, 3.05) is 19.8 Å². The molecule has 4 aliphatic carbocycles. The molecule has 0 aromatic rings. The Morgan fingerprint density at radius 2 is 0.627 bits per heavy atom. The van der Waals surface area contributed by atoms with E-state index in [1.54, 1.807) is 0 Å². The van der Waals surface area contributed by atoms with Crippen LogP contribution < -0.4 is 0 Å². The molecule has 0 bridgehead atoms. The first-order chi connectivity index (χ1) is 32.6. The lowest BCUT2D eigenvalue weighted by Gasteiger charge is -2.23. The summed E-state index contributed by atoms with van der Waals surface area (Å²) in [4.78, 5) is 0.